The Balaban J connectivity index is 1.48. The number of benzene rings is 1. The molecule has 6 nitrogen and oxygen atoms in total. The van der Waals surface area contributed by atoms with E-state index in [0.717, 1.165) is 37.1 Å². The van der Waals surface area contributed by atoms with Gasteiger partial charge in [0.15, 0.2) is 5.82 Å². The van der Waals surface area contributed by atoms with Gasteiger partial charge in [-0.25, -0.2) is 9.37 Å². The summed E-state index contributed by atoms with van der Waals surface area (Å²) in [5.41, 5.74) is 2.49. The molecule has 3 heterocycles. The molecule has 1 saturated heterocycles. The molecule has 5 rings (SSSR count). The molecule has 0 bridgehead atoms. The molecule has 0 amide bonds. The molecule has 182 valence electrons. The van der Waals surface area contributed by atoms with Crippen LogP contribution < -0.4 is 10.2 Å². The highest BCUT2D eigenvalue weighted by atomic mass is 19.1. The number of alkyl halides is 1. The minimum absolute atomic E-state index is 0.171. The van der Waals surface area contributed by atoms with Crippen molar-refractivity contribution in [3.8, 4) is 11.5 Å². The molecule has 3 aromatic rings. The van der Waals surface area contributed by atoms with Crippen LogP contribution in [0.4, 0.5) is 14.6 Å². The van der Waals surface area contributed by atoms with E-state index >= 15 is 4.39 Å². The molecule has 1 N–H and O–H groups in total. The van der Waals surface area contributed by atoms with Crippen LogP contribution in [0, 0.1) is 19.7 Å². The third-order valence-electron chi connectivity index (χ3n) is 7.34. The van der Waals surface area contributed by atoms with Gasteiger partial charge < -0.3 is 14.7 Å². The Morgan fingerprint density at radius 2 is 1.76 bits per heavy atom. The van der Waals surface area contributed by atoms with Gasteiger partial charge in [0.25, 0.3) is 5.89 Å². The molecule has 1 aliphatic heterocycles. The highest BCUT2D eigenvalue weighted by Gasteiger charge is 2.28. The van der Waals surface area contributed by atoms with Gasteiger partial charge >= 0.3 is 0 Å². The number of nitrogens with one attached hydrogen (secondary N) is 1. The highest BCUT2D eigenvalue weighted by molar-refractivity contribution is 5.93. The van der Waals surface area contributed by atoms with Gasteiger partial charge in [-0.05, 0) is 62.8 Å². The van der Waals surface area contributed by atoms with E-state index in [9.17, 15) is 4.39 Å². The molecule has 0 atom stereocenters. The number of fused-ring (bicyclic) bond motifs is 1. The number of nitrogens with zero attached hydrogens (tertiary/aromatic N) is 4. The van der Waals surface area contributed by atoms with Gasteiger partial charge in [-0.2, -0.15) is 4.98 Å². The quantitative estimate of drug-likeness (QED) is 0.518. The fraction of sp³-hybridized carbons (Fsp3) is 0.577. The van der Waals surface area contributed by atoms with Crippen LogP contribution in [0.2, 0.25) is 0 Å². The third-order valence-corrected chi connectivity index (χ3v) is 7.34. The zero-order valence-electron chi connectivity index (χ0n) is 20.0. The van der Waals surface area contributed by atoms with E-state index in [0.29, 0.717) is 46.1 Å². The number of piperidine rings is 1. The maximum atomic E-state index is 15.1. The number of pyridine rings is 1. The summed E-state index contributed by atoms with van der Waals surface area (Å²) in [4.78, 5) is 11.5. The molecule has 1 aromatic carbocycles. The first-order valence-corrected chi connectivity index (χ1v) is 12.5. The average Bonchev–Trinajstić information content (AvgIpc) is 3.26. The Kier molecular flexibility index (Phi) is 6.77. The summed E-state index contributed by atoms with van der Waals surface area (Å²) >= 11 is 0. The van der Waals surface area contributed by atoms with Crippen LogP contribution >= 0.6 is 0 Å². The van der Waals surface area contributed by atoms with Gasteiger partial charge in [0.2, 0.25) is 0 Å². The largest absolute Gasteiger partial charge is 0.356 e. The van der Waals surface area contributed by atoms with Crippen molar-refractivity contribution < 1.29 is 13.3 Å². The van der Waals surface area contributed by atoms with Gasteiger partial charge in [-0.1, -0.05) is 24.4 Å². The summed E-state index contributed by atoms with van der Waals surface area (Å²) in [6, 6.07) is 4.36. The van der Waals surface area contributed by atoms with Crippen molar-refractivity contribution in [2.45, 2.75) is 77.3 Å². The van der Waals surface area contributed by atoms with Crippen molar-refractivity contribution in [3.05, 3.63) is 34.9 Å². The number of hydrogen-bond donors (Lipinski definition) is 1. The lowest BCUT2D eigenvalue weighted by Crippen LogP contribution is -2.47. The number of rotatable bonds is 6. The monoisotopic (exact) mass is 469 g/mol. The van der Waals surface area contributed by atoms with Crippen molar-refractivity contribution in [3.63, 3.8) is 0 Å². The van der Waals surface area contributed by atoms with Gasteiger partial charge in [0.05, 0.1) is 12.2 Å². The molecular weight excluding hydrogens is 436 g/mol. The van der Waals surface area contributed by atoms with Crippen molar-refractivity contribution in [2.24, 2.45) is 0 Å². The lowest BCUT2D eigenvalue weighted by atomic mass is 9.93. The van der Waals surface area contributed by atoms with Crippen LogP contribution in [0.3, 0.4) is 0 Å². The standard InChI is InChI=1S/C26H33F2N5O/c1-16-21-14-18(8-11-27)15-22(28)24(21)31-25(23(16)26-29-17(2)32-34-26)33-12-9-20(10-13-33)30-19-6-4-3-5-7-19/h14-15,19-20,30H,3-13H2,1-2H3. The van der Waals surface area contributed by atoms with Crippen LogP contribution in [-0.4, -0.2) is 47.0 Å². The van der Waals surface area contributed by atoms with E-state index in [1.807, 2.05) is 13.0 Å². The van der Waals surface area contributed by atoms with E-state index in [1.165, 1.54) is 38.2 Å². The first kappa shape index (κ1) is 23.1. The minimum atomic E-state index is -0.533. The predicted octanol–water partition coefficient (Wildman–Crippen LogP) is 5.44. The second-order valence-electron chi connectivity index (χ2n) is 9.76. The second-order valence-corrected chi connectivity index (χ2v) is 9.76. The van der Waals surface area contributed by atoms with Gasteiger partial charge in [0, 0.05) is 37.0 Å². The first-order chi connectivity index (χ1) is 16.5. The van der Waals surface area contributed by atoms with Gasteiger partial charge in [-0.3, -0.25) is 4.39 Å². The fourth-order valence-electron chi connectivity index (χ4n) is 5.52. The van der Waals surface area contributed by atoms with Crippen LogP contribution in [0.15, 0.2) is 16.7 Å². The van der Waals surface area contributed by atoms with Crippen LogP contribution in [0.5, 0.6) is 0 Å². The summed E-state index contributed by atoms with van der Waals surface area (Å²) in [6.45, 7) is 4.82. The number of hydrogen-bond acceptors (Lipinski definition) is 6. The number of aromatic nitrogens is 3. The smallest absolute Gasteiger partial charge is 0.261 e. The topological polar surface area (TPSA) is 67.1 Å². The van der Waals surface area contributed by atoms with Crippen LogP contribution in [-0.2, 0) is 6.42 Å². The Morgan fingerprint density at radius 1 is 1.03 bits per heavy atom. The van der Waals surface area contributed by atoms with Crippen molar-refractivity contribution in [1.82, 2.24) is 20.4 Å². The SMILES string of the molecule is Cc1noc(-c2c(N3CCC(NC4CCCCC4)CC3)nc3c(F)cc(CCF)cc3c2C)n1. The summed E-state index contributed by atoms with van der Waals surface area (Å²) in [5.74, 6) is 1.18. The van der Waals surface area contributed by atoms with E-state index in [1.54, 1.807) is 6.92 Å². The summed E-state index contributed by atoms with van der Waals surface area (Å²) in [6.07, 6.45) is 8.74. The van der Waals surface area contributed by atoms with Gasteiger partial charge in [-0.15, -0.1) is 0 Å². The fourth-order valence-corrected chi connectivity index (χ4v) is 5.52. The van der Waals surface area contributed by atoms with Crippen molar-refractivity contribution in [1.29, 1.82) is 0 Å². The molecule has 2 aliphatic rings. The number of aryl methyl sites for hydroxylation is 3. The lowest BCUT2D eigenvalue weighted by Gasteiger charge is -2.37. The summed E-state index contributed by atoms with van der Waals surface area (Å²) in [5, 5.41) is 8.50. The number of halogens is 2. The van der Waals surface area contributed by atoms with Crippen LogP contribution in [0.1, 0.15) is 61.9 Å². The van der Waals surface area contributed by atoms with Crippen molar-refractivity contribution >= 4 is 16.7 Å². The predicted molar refractivity (Wildman–Crippen MR) is 129 cm³/mol. The maximum Gasteiger partial charge on any atom is 0.261 e. The van der Waals surface area contributed by atoms with E-state index in [2.05, 4.69) is 20.4 Å². The lowest BCUT2D eigenvalue weighted by molar-refractivity contribution is 0.307. The molecular formula is C26H33F2N5O. The molecule has 2 fully saturated rings. The molecule has 0 radical (unpaired) electrons. The highest BCUT2D eigenvalue weighted by Crippen LogP contribution is 2.38. The summed E-state index contributed by atoms with van der Waals surface area (Å²) in [7, 11) is 0. The Bertz CT molecular complexity index is 1150. The molecule has 1 aliphatic carbocycles. The first-order valence-electron chi connectivity index (χ1n) is 12.5. The van der Waals surface area contributed by atoms with E-state index in [4.69, 9.17) is 9.51 Å². The Hall–Kier alpha value is -2.61. The molecule has 0 unspecified atom stereocenters. The molecule has 1 saturated carbocycles. The third kappa shape index (κ3) is 4.65. The Labute approximate surface area is 199 Å². The zero-order chi connectivity index (χ0) is 23.7. The molecule has 8 heteroatoms. The van der Waals surface area contributed by atoms with E-state index in [-0.39, 0.29) is 6.42 Å². The summed E-state index contributed by atoms with van der Waals surface area (Å²) < 4.78 is 33.6. The molecule has 34 heavy (non-hydrogen) atoms. The second kappa shape index (κ2) is 9.94. The zero-order valence-corrected chi connectivity index (χ0v) is 20.0. The van der Waals surface area contributed by atoms with E-state index < -0.39 is 12.5 Å². The maximum absolute atomic E-state index is 15.1. The average molecular weight is 470 g/mol. The number of anilines is 1. The molecule has 0 spiro atoms. The normalized spacial score (nSPS) is 18.2. The van der Waals surface area contributed by atoms with Crippen LogP contribution in [0.25, 0.3) is 22.4 Å². The minimum Gasteiger partial charge on any atom is -0.356 e. The molecule has 2 aromatic heterocycles. The Morgan fingerprint density at radius 3 is 2.44 bits per heavy atom. The van der Waals surface area contributed by atoms with Gasteiger partial charge in [0.1, 0.15) is 17.2 Å². The van der Waals surface area contributed by atoms with Crippen molar-refractivity contribution in [2.75, 3.05) is 24.7 Å².